The van der Waals surface area contributed by atoms with Gasteiger partial charge >= 0.3 is 5.97 Å². The fourth-order valence-electron chi connectivity index (χ4n) is 2.43. The number of esters is 1. The fourth-order valence-corrected chi connectivity index (χ4v) is 2.43. The molecule has 0 atom stereocenters. The molecule has 0 saturated carbocycles. The first-order valence-electron chi connectivity index (χ1n) is 9.28. The fraction of sp³-hybridized carbons (Fsp3) is 0.0870. The maximum absolute atomic E-state index is 12.0. The van der Waals surface area contributed by atoms with E-state index in [2.05, 4.69) is 15.5 Å². The molecule has 154 valence electrons. The monoisotopic (exact) mass is 414 g/mol. The Kier molecular flexibility index (Phi) is 7.44. The molecule has 8 heteroatoms. The van der Waals surface area contributed by atoms with Crippen LogP contribution < -0.4 is 10.1 Å². The topological polar surface area (TPSA) is 113 Å². The van der Waals surface area contributed by atoms with Gasteiger partial charge in [-0.3, -0.25) is 4.79 Å². The zero-order valence-electron chi connectivity index (χ0n) is 16.4. The summed E-state index contributed by atoms with van der Waals surface area (Å²) in [5, 5.41) is 19.8. The van der Waals surface area contributed by atoms with E-state index in [0.29, 0.717) is 16.9 Å². The number of ether oxygens (including phenoxy) is 2. The molecule has 0 unspecified atom stereocenters. The van der Waals surface area contributed by atoms with Gasteiger partial charge in [-0.2, -0.15) is 15.5 Å². The number of azo groups is 1. The number of hydrogen-bond acceptors (Lipinski definition) is 7. The smallest absolute Gasteiger partial charge is 0.344 e. The molecule has 1 N–H and O–H groups in total. The van der Waals surface area contributed by atoms with Gasteiger partial charge in [0.1, 0.15) is 11.8 Å². The molecule has 0 aliphatic heterocycles. The summed E-state index contributed by atoms with van der Waals surface area (Å²) in [5.74, 6) is -0.945. The van der Waals surface area contributed by atoms with Crippen molar-refractivity contribution in [3.63, 3.8) is 0 Å². The largest absolute Gasteiger partial charge is 0.481 e. The number of hydrogen-bond donors (Lipinski definition) is 1. The Bertz CT molecular complexity index is 1110. The van der Waals surface area contributed by atoms with Crippen molar-refractivity contribution in [2.75, 3.05) is 18.5 Å². The lowest BCUT2D eigenvalue weighted by molar-refractivity contribution is -0.149. The first kappa shape index (κ1) is 21.2. The van der Waals surface area contributed by atoms with Crippen molar-refractivity contribution in [2.45, 2.75) is 0 Å². The average molecular weight is 414 g/mol. The maximum atomic E-state index is 12.0. The zero-order chi connectivity index (χ0) is 21.9. The maximum Gasteiger partial charge on any atom is 0.344 e. The van der Waals surface area contributed by atoms with Crippen molar-refractivity contribution in [3.8, 4) is 11.8 Å². The second-order valence-electron chi connectivity index (χ2n) is 6.19. The summed E-state index contributed by atoms with van der Waals surface area (Å²) in [6.45, 7) is -0.870. The van der Waals surface area contributed by atoms with Crippen LogP contribution in [0.25, 0.3) is 0 Å². The Balaban J connectivity index is 1.42. The number of carbonyl (C=O) groups excluding carboxylic acids is 2. The van der Waals surface area contributed by atoms with Crippen molar-refractivity contribution in [3.05, 3.63) is 84.4 Å². The molecule has 0 heterocycles. The number of benzene rings is 3. The van der Waals surface area contributed by atoms with Crippen LogP contribution in [-0.2, 0) is 14.3 Å². The second-order valence-corrected chi connectivity index (χ2v) is 6.19. The van der Waals surface area contributed by atoms with E-state index < -0.39 is 25.1 Å². The summed E-state index contributed by atoms with van der Waals surface area (Å²) in [7, 11) is 0. The molecule has 0 fully saturated rings. The van der Waals surface area contributed by atoms with E-state index in [1.807, 2.05) is 36.4 Å². The summed E-state index contributed by atoms with van der Waals surface area (Å²) in [4.78, 5) is 23.7. The highest BCUT2D eigenvalue weighted by Gasteiger charge is 2.10. The van der Waals surface area contributed by atoms with E-state index in [1.165, 1.54) is 0 Å². The predicted octanol–water partition coefficient (Wildman–Crippen LogP) is 4.53. The molecule has 0 saturated heterocycles. The predicted molar refractivity (Wildman–Crippen MR) is 113 cm³/mol. The molecule has 31 heavy (non-hydrogen) atoms. The molecule has 3 rings (SSSR count). The number of para-hydroxylation sites is 1. The van der Waals surface area contributed by atoms with Crippen LogP contribution in [0.1, 0.15) is 5.56 Å². The van der Waals surface area contributed by atoms with Crippen LogP contribution in [0.4, 0.5) is 17.1 Å². The minimum Gasteiger partial charge on any atom is -0.481 e. The van der Waals surface area contributed by atoms with E-state index in [1.54, 1.807) is 48.5 Å². The molecule has 0 spiro atoms. The van der Waals surface area contributed by atoms with Crippen molar-refractivity contribution >= 4 is 28.9 Å². The lowest BCUT2D eigenvalue weighted by atomic mass is 10.2. The van der Waals surface area contributed by atoms with Crippen LogP contribution >= 0.6 is 0 Å². The molecular weight excluding hydrogens is 396 g/mol. The zero-order valence-corrected chi connectivity index (χ0v) is 16.4. The Labute approximate surface area is 178 Å². The number of nitriles is 1. The van der Waals surface area contributed by atoms with Crippen LogP contribution in [-0.4, -0.2) is 25.1 Å². The van der Waals surface area contributed by atoms with Crippen molar-refractivity contribution in [1.29, 1.82) is 5.26 Å². The van der Waals surface area contributed by atoms with E-state index in [0.717, 1.165) is 5.69 Å². The minimum absolute atomic E-state index is 0.274. The number of rotatable bonds is 8. The first-order chi connectivity index (χ1) is 15.1. The minimum atomic E-state index is -0.723. The van der Waals surface area contributed by atoms with Gasteiger partial charge in [-0.1, -0.05) is 30.3 Å². The molecule has 0 aliphatic rings. The Morgan fingerprint density at radius 1 is 0.839 bits per heavy atom. The molecule has 0 aromatic heterocycles. The third-order valence-electron chi connectivity index (χ3n) is 3.91. The summed E-state index contributed by atoms with van der Waals surface area (Å²) in [5.41, 5.74) is 2.20. The molecule has 0 bridgehead atoms. The van der Waals surface area contributed by atoms with Crippen molar-refractivity contribution in [1.82, 2.24) is 0 Å². The van der Waals surface area contributed by atoms with Gasteiger partial charge in [0.2, 0.25) is 0 Å². The highest BCUT2D eigenvalue weighted by molar-refractivity contribution is 5.93. The molecule has 8 nitrogen and oxygen atoms in total. The van der Waals surface area contributed by atoms with E-state index in [9.17, 15) is 9.59 Å². The van der Waals surface area contributed by atoms with Gasteiger partial charge in [0.05, 0.1) is 16.9 Å². The van der Waals surface area contributed by atoms with Crippen molar-refractivity contribution < 1.29 is 19.1 Å². The number of nitrogens with one attached hydrogen (secondary N) is 1. The van der Waals surface area contributed by atoms with Crippen LogP contribution in [0.3, 0.4) is 0 Å². The van der Waals surface area contributed by atoms with Gasteiger partial charge < -0.3 is 14.8 Å². The first-order valence-corrected chi connectivity index (χ1v) is 9.28. The highest BCUT2D eigenvalue weighted by atomic mass is 16.6. The van der Waals surface area contributed by atoms with Gasteiger partial charge in [0.15, 0.2) is 13.2 Å². The Hall–Kier alpha value is -4.51. The third-order valence-corrected chi connectivity index (χ3v) is 3.91. The third kappa shape index (κ3) is 6.80. The molecule has 3 aromatic carbocycles. The normalized spacial score (nSPS) is 10.3. The molecular formula is C23H18N4O4. The van der Waals surface area contributed by atoms with E-state index >= 15 is 0 Å². The number of anilines is 1. The van der Waals surface area contributed by atoms with E-state index in [4.69, 9.17) is 14.7 Å². The van der Waals surface area contributed by atoms with Crippen LogP contribution in [0.15, 0.2) is 89.1 Å². The van der Waals surface area contributed by atoms with Gasteiger partial charge in [-0.15, -0.1) is 0 Å². The van der Waals surface area contributed by atoms with Crippen molar-refractivity contribution in [2.24, 2.45) is 10.2 Å². The van der Waals surface area contributed by atoms with E-state index in [-0.39, 0.29) is 5.75 Å². The van der Waals surface area contributed by atoms with Crippen LogP contribution in [0, 0.1) is 11.3 Å². The van der Waals surface area contributed by atoms with Gasteiger partial charge in [0, 0.05) is 5.69 Å². The lowest BCUT2D eigenvalue weighted by Crippen LogP contribution is -2.23. The summed E-state index contributed by atoms with van der Waals surface area (Å²) in [6.07, 6.45) is 0. The van der Waals surface area contributed by atoms with Crippen LogP contribution in [0.5, 0.6) is 5.75 Å². The summed E-state index contributed by atoms with van der Waals surface area (Å²) < 4.78 is 10.2. The molecule has 3 aromatic rings. The SMILES string of the molecule is N#Cc1ccccc1OCC(=O)OCC(=O)Nc1ccc(N=Nc2ccccc2)cc1. The summed E-state index contributed by atoms with van der Waals surface area (Å²) >= 11 is 0. The van der Waals surface area contributed by atoms with Crippen LogP contribution in [0.2, 0.25) is 0 Å². The quantitative estimate of drug-likeness (QED) is 0.430. The van der Waals surface area contributed by atoms with Gasteiger partial charge in [-0.25, -0.2) is 4.79 Å². The Morgan fingerprint density at radius 2 is 1.48 bits per heavy atom. The Morgan fingerprint density at radius 3 is 2.19 bits per heavy atom. The highest BCUT2D eigenvalue weighted by Crippen LogP contribution is 2.20. The lowest BCUT2D eigenvalue weighted by Gasteiger charge is -2.08. The second kappa shape index (κ2) is 10.9. The average Bonchev–Trinajstić information content (AvgIpc) is 2.82. The molecule has 1 amide bonds. The standard InChI is InChI=1S/C23H18N4O4/c24-14-17-6-4-5-9-21(17)30-16-23(29)31-15-22(28)25-18-10-12-20(13-11-18)27-26-19-7-2-1-3-8-19/h1-13H,15-16H2,(H,25,28). The number of nitrogens with zero attached hydrogens (tertiary/aromatic N) is 3. The number of carbonyl (C=O) groups is 2. The number of amides is 1. The molecule has 0 aliphatic carbocycles. The van der Waals surface area contributed by atoms with Gasteiger partial charge in [-0.05, 0) is 48.5 Å². The molecule has 0 radical (unpaired) electrons. The van der Waals surface area contributed by atoms with Gasteiger partial charge in [0.25, 0.3) is 5.91 Å². The summed E-state index contributed by atoms with van der Waals surface area (Å²) in [6, 6.07) is 24.5.